The first-order valence-corrected chi connectivity index (χ1v) is 5.30. The van der Waals surface area contributed by atoms with Gasteiger partial charge in [-0.05, 0) is 38.5 Å². The number of aryl methyl sites for hydroxylation is 1. The van der Waals surface area contributed by atoms with Crippen molar-refractivity contribution in [3.05, 3.63) is 23.8 Å². The van der Waals surface area contributed by atoms with Crippen LogP contribution in [-0.4, -0.2) is 24.3 Å². The highest BCUT2D eigenvalue weighted by atomic mass is 16.3. The number of hydrogen-bond donors (Lipinski definition) is 2. The van der Waals surface area contributed by atoms with Crippen LogP contribution in [0, 0.1) is 6.92 Å². The van der Waals surface area contributed by atoms with Crippen LogP contribution in [-0.2, 0) is 0 Å². The highest BCUT2D eigenvalue weighted by molar-refractivity contribution is 5.68. The fourth-order valence-corrected chi connectivity index (χ4v) is 1.67. The second-order valence-corrected chi connectivity index (χ2v) is 4.07. The molecule has 1 rings (SSSR count). The lowest BCUT2D eigenvalue weighted by atomic mass is 10.1. The van der Waals surface area contributed by atoms with E-state index in [1.54, 1.807) is 0 Å². The maximum absolute atomic E-state index is 9.02. The Morgan fingerprint density at radius 3 is 2.60 bits per heavy atom. The first kappa shape index (κ1) is 11.9. The zero-order valence-corrected chi connectivity index (χ0v) is 9.70. The molecule has 0 bridgehead atoms. The van der Waals surface area contributed by atoms with Crippen LogP contribution in [0.4, 0.5) is 11.4 Å². The molecule has 3 N–H and O–H groups in total. The van der Waals surface area contributed by atoms with Gasteiger partial charge in [-0.3, -0.25) is 0 Å². The molecule has 0 saturated carbocycles. The van der Waals surface area contributed by atoms with Gasteiger partial charge in [0, 0.05) is 12.6 Å². The molecule has 0 spiro atoms. The van der Waals surface area contributed by atoms with Crippen molar-refractivity contribution in [2.75, 3.05) is 23.8 Å². The van der Waals surface area contributed by atoms with Crippen molar-refractivity contribution >= 4 is 11.4 Å². The summed E-state index contributed by atoms with van der Waals surface area (Å²) >= 11 is 0. The Morgan fingerprint density at radius 2 is 2.07 bits per heavy atom. The first-order chi connectivity index (χ1) is 7.06. The van der Waals surface area contributed by atoms with Gasteiger partial charge < -0.3 is 15.7 Å². The maximum Gasteiger partial charge on any atom is 0.0606 e. The summed E-state index contributed by atoms with van der Waals surface area (Å²) in [6.45, 7) is 6.99. The zero-order valence-electron chi connectivity index (χ0n) is 9.70. The molecule has 1 aromatic carbocycles. The van der Waals surface area contributed by atoms with E-state index in [9.17, 15) is 0 Å². The molecule has 0 fully saturated rings. The maximum atomic E-state index is 9.02. The molecule has 0 heterocycles. The van der Waals surface area contributed by atoms with Gasteiger partial charge in [0.15, 0.2) is 0 Å². The van der Waals surface area contributed by atoms with Crippen molar-refractivity contribution in [3.63, 3.8) is 0 Å². The van der Waals surface area contributed by atoms with Gasteiger partial charge in [0.25, 0.3) is 0 Å². The summed E-state index contributed by atoms with van der Waals surface area (Å²) in [6.07, 6.45) is 0. The summed E-state index contributed by atoms with van der Waals surface area (Å²) in [5.74, 6) is 0. The van der Waals surface area contributed by atoms with Crippen LogP contribution >= 0.6 is 0 Å². The van der Waals surface area contributed by atoms with Crippen molar-refractivity contribution in [1.29, 1.82) is 0 Å². The molecule has 3 heteroatoms. The lowest BCUT2D eigenvalue weighted by Gasteiger charge is -2.29. The molecule has 0 unspecified atom stereocenters. The van der Waals surface area contributed by atoms with E-state index < -0.39 is 0 Å². The van der Waals surface area contributed by atoms with E-state index in [1.807, 2.05) is 19.1 Å². The molecule has 1 aromatic rings. The van der Waals surface area contributed by atoms with E-state index >= 15 is 0 Å². The Balaban J connectivity index is 3.04. The number of rotatable bonds is 4. The third-order valence-electron chi connectivity index (χ3n) is 2.46. The predicted molar refractivity (Wildman–Crippen MR) is 65.2 cm³/mol. The molecule has 84 valence electrons. The summed E-state index contributed by atoms with van der Waals surface area (Å²) in [7, 11) is 0. The minimum atomic E-state index is 0.144. The minimum Gasteiger partial charge on any atom is -0.397 e. The van der Waals surface area contributed by atoms with E-state index in [4.69, 9.17) is 10.8 Å². The average Bonchev–Trinajstić information content (AvgIpc) is 2.18. The first-order valence-electron chi connectivity index (χ1n) is 5.30. The predicted octanol–water partition coefficient (Wildman–Crippen LogP) is 1.78. The van der Waals surface area contributed by atoms with Gasteiger partial charge in [-0.2, -0.15) is 0 Å². The SMILES string of the molecule is Cc1ccc(N)c(N(CCO)C(C)C)c1. The van der Waals surface area contributed by atoms with Gasteiger partial charge in [-0.15, -0.1) is 0 Å². The normalized spacial score (nSPS) is 10.7. The molecule has 0 aliphatic rings. The van der Waals surface area contributed by atoms with Crippen molar-refractivity contribution < 1.29 is 5.11 Å². The van der Waals surface area contributed by atoms with E-state index in [0.717, 1.165) is 11.4 Å². The molecule has 0 aliphatic carbocycles. The molecule has 0 atom stereocenters. The van der Waals surface area contributed by atoms with Crippen LogP contribution in [0.15, 0.2) is 18.2 Å². The summed E-state index contributed by atoms with van der Waals surface area (Å²) in [5.41, 5.74) is 8.90. The van der Waals surface area contributed by atoms with Crippen LogP contribution in [0.1, 0.15) is 19.4 Å². The van der Waals surface area contributed by atoms with Gasteiger partial charge >= 0.3 is 0 Å². The molecule has 0 aliphatic heterocycles. The number of aliphatic hydroxyl groups is 1. The smallest absolute Gasteiger partial charge is 0.0606 e. The standard InChI is InChI=1S/C12H20N2O/c1-9(2)14(6-7-15)12-8-10(3)4-5-11(12)13/h4-5,8-9,15H,6-7,13H2,1-3H3. The molecule has 0 aromatic heterocycles. The van der Waals surface area contributed by atoms with E-state index in [2.05, 4.69) is 24.8 Å². The van der Waals surface area contributed by atoms with E-state index in [-0.39, 0.29) is 6.61 Å². The summed E-state index contributed by atoms with van der Waals surface area (Å²) in [5, 5.41) is 9.02. The number of nitrogen functional groups attached to an aromatic ring is 1. The van der Waals surface area contributed by atoms with Crippen LogP contribution < -0.4 is 10.6 Å². The number of nitrogens with two attached hydrogens (primary N) is 1. The number of hydrogen-bond acceptors (Lipinski definition) is 3. The van der Waals surface area contributed by atoms with Gasteiger partial charge in [0.05, 0.1) is 18.0 Å². The second kappa shape index (κ2) is 5.03. The van der Waals surface area contributed by atoms with Crippen molar-refractivity contribution in [2.24, 2.45) is 0 Å². The number of anilines is 2. The Labute approximate surface area is 91.5 Å². The van der Waals surface area contributed by atoms with Crippen molar-refractivity contribution in [3.8, 4) is 0 Å². The van der Waals surface area contributed by atoms with Crippen LogP contribution in [0.3, 0.4) is 0 Å². The molecule has 3 nitrogen and oxygen atoms in total. The van der Waals surface area contributed by atoms with Crippen molar-refractivity contribution in [1.82, 2.24) is 0 Å². The Kier molecular flexibility index (Phi) is 3.97. The fraction of sp³-hybridized carbons (Fsp3) is 0.500. The minimum absolute atomic E-state index is 0.144. The highest BCUT2D eigenvalue weighted by Gasteiger charge is 2.12. The lowest BCUT2D eigenvalue weighted by molar-refractivity contribution is 0.299. The molecule has 0 amide bonds. The summed E-state index contributed by atoms with van der Waals surface area (Å²) in [4.78, 5) is 2.11. The van der Waals surface area contributed by atoms with Crippen molar-refractivity contribution in [2.45, 2.75) is 26.8 Å². The number of nitrogens with zero attached hydrogens (tertiary/aromatic N) is 1. The van der Waals surface area contributed by atoms with Gasteiger partial charge in [0.2, 0.25) is 0 Å². The number of aliphatic hydroxyl groups excluding tert-OH is 1. The summed E-state index contributed by atoms with van der Waals surface area (Å²) in [6, 6.07) is 6.31. The van der Waals surface area contributed by atoms with Gasteiger partial charge in [-0.1, -0.05) is 6.07 Å². The third kappa shape index (κ3) is 2.86. The lowest BCUT2D eigenvalue weighted by Crippen LogP contribution is -2.34. The second-order valence-electron chi connectivity index (χ2n) is 4.07. The topological polar surface area (TPSA) is 49.5 Å². The average molecular weight is 208 g/mol. The zero-order chi connectivity index (χ0) is 11.4. The highest BCUT2D eigenvalue weighted by Crippen LogP contribution is 2.25. The van der Waals surface area contributed by atoms with Crippen LogP contribution in [0.25, 0.3) is 0 Å². The molecule has 0 radical (unpaired) electrons. The van der Waals surface area contributed by atoms with Gasteiger partial charge in [0.1, 0.15) is 0 Å². The van der Waals surface area contributed by atoms with Gasteiger partial charge in [-0.25, -0.2) is 0 Å². The Bertz CT molecular complexity index is 323. The molecular weight excluding hydrogens is 188 g/mol. The Hall–Kier alpha value is -1.22. The van der Waals surface area contributed by atoms with Crippen LogP contribution in [0.2, 0.25) is 0 Å². The fourth-order valence-electron chi connectivity index (χ4n) is 1.67. The Morgan fingerprint density at radius 1 is 1.40 bits per heavy atom. The molecule has 15 heavy (non-hydrogen) atoms. The van der Waals surface area contributed by atoms with Crippen LogP contribution in [0.5, 0.6) is 0 Å². The summed E-state index contributed by atoms with van der Waals surface area (Å²) < 4.78 is 0. The quantitative estimate of drug-likeness (QED) is 0.742. The van der Waals surface area contributed by atoms with E-state index in [1.165, 1.54) is 5.56 Å². The third-order valence-corrected chi connectivity index (χ3v) is 2.46. The monoisotopic (exact) mass is 208 g/mol. The number of benzene rings is 1. The largest absolute Gasteiger partial charge is 0.397 e. The molecular formula is C12H20N2O. The van der Waals surface area contributed by atoms with E-state index in [0.29, 0.717) is 12.6 Å². The molecule has 0 saturated heterocycles.